The molecule has 0 spiro atoms. The van der Waals surface area contributed by atoms with Gasteiger partial charge in [0.25, 0.3) is 0 Å². The molecule has 0 heterocycles. The maximum Gasteiger partial charge on any atom is 0.314 e. The Labute approximate surface area is 102 Å². The van der Waals surface area contributed by atoms with Gasteiger partial charge in [0, 0.05) is 18.5 Å². The molecule has 0 aliphatic heterocycles. The monoisotopic (exact) mass is 255 g/mol. The van der Waals surface area contributed by atoms with E-state index in [1.807, 2.05) is 0 Å². The van der Waals surface area contributed by atoms with E-state index in [9.17, 15) is 20.0 Å². The van der Waals surface area contributed by atoms with Crippen LogP contribution in [0.4, 0.5) is 5.69 Å². The highest BCUT2D eigenvalue weighted by Crippen LogP contribution is 2.38. The minimum Gasteiger partial charge on any atom is -0.500 e. The smallest absolute Gasteiger partial charge is 0.314 e. The van der Waals surface area contributed by atoms with Crippen molar-refractivity contribution in [3.63, 3.8) is 0 Å². The van der Waals surface area contributed by atoms with E-state index in [1.54, 1.807) is 0 Å². The second kappa shape index (κ2) is 5.32. The summed E-state index contributed by atoms with van der Waals surface area (Å²) in [5, 5.41) is 20.3. The third-order valence-electron chi connectivity index (χ3n) is 2.34. The first-order valence-electron chi connectivity index (χ1n) is 4.96. The normalized spacial score (nSPS) is 11.9. The van der Waals surface area contributed by atoms with Gasteiger partial charge in [0.2, 0.25) is 11.7 Å². The predicted molar refractivity (Wildman–Crippen MR) is 62.1 cm³/mol. The number of benzene rings is 1. The molecule has 0 aliphatic rings. The van der Waals surface area contributed by atoms with E-state index in [-0.39, 0.29) is 17.7 Å². The van der Waals surface area contributed by atoms with Gasteiger partial charge < -0.3 is 21.3 Å². The lowest BCUT2D eigenvalue weighted by Gasteiger charge is -2.12. The summed E-state index contributed by atoms with van der Waals surface area (Å²) in [7, 11) is 1.25. The topological polar surface area (TPSA) is 142 Å². The van der Waals surface area contributed by atoms with Gasteiger partial charge in [0.1, 0.15) is 0 Å². The highest BCUT2D eigenvalue weighted by atomic mass is 16.6. The third-order valence-corrected chi connectivity index (χ3v) is 2.34. The molecule has 18 heavy (non-hydrogen) atoms. The van der Waals surface area contributed by atoms with Crippen LogP contribution in [0.15, 0.2) is 12.1 Å². The number of hydrogen-bond acceptors (Lipinski definition) is 6. The zero-order valence-electron chi connectivity index (χ0n) is 9.62. The van der Waals surface area contributed by atoms with Crippen LogP contribution in [0.3, 0.4) is 0 Å². The van der Waals surface area contributed by atoms with E-state index in [1.165, 1.54) is 13.2 Å². The Balaban J connectivity index is 3.25. The Morgan fingerprint density at radius 3 is 2.67 bits per heavy atom. The largest absolute Gasteiger partial charge is 0.500 e. The molecule has 0 saturated heterocycles. The van der Waals surface area contributed by atoms with Gasteiger partial charge in [0.15, 0.2) is 5.75 Å². The van der Waals surface area contributed by atoms with Gasteiger partial charge in [-0.1, -0.05) is 0 Å². The lowest BCUT2D eigenvalue weighted by atomic mass is 10.0. The number of aromatic hydroxyl groups is 1. The molecular formula is C10H13N3O5. The number of nitro benzene ring substituents is 1. The number of primary amides is 1. The van der Waals surface area contributed by atoms with Gasteiger partial charge in [-0.15, -0.1) is 0 Å². The highest BCUT2D eigenvalue weighted by molar-refractivity contribution is 5.74. The Morgan fingerprint density at radius 2 is 2.22 bits per heavy atom. The molecule has 1 amide bonds. The van der Waals surface area contributed by atoms with Crippen molar-refractivity contribution in [3.8, 4) is 11.5 Å². The average molecular weight is 255 g/mol. The molecule has 1 aromatic carbocycles. The molecular weight excluding hydrogens is 242 g/mol. The van der Waals surface area contributed by atoms with Crippen molar-refractivity contribution in [3.05, 3.63) is 27.8 Å². The maximum atomic E-state index is 10.8. The van der Waals surface area contributed by atoms with Crippen LogP contribution in [0.5, 0.6) is 11.5 Å². The summed E-state index contributed by atoms with van der Waals surface area (Å²) >= 11 is 0. The van der Waals surface area contributed by atoms with Crippen molar-refractivity contribution in [1.82, 2.24) is 0 Å². The summed E-state index contributed by atoms with van der Waals surface area (Å²) in [5.41, 5.74) is 10.4. The molecule has 0 saturated carbocycles. The van der Waals surface area contributed by atoms with E-state index in [0.717, 1.165) is 6.07 Å². The molecule has 0 bridgehead atoms. The fourth-order valence-corrected chi connectivity index (χ4v) is 1.46. The summed E-state index contributed by atoms with van der Waals surface area (Å²) < 4.78 is 4.81. The zero-order chi connectivity index (χ0) is 13.9. The molecule has 8 nitrogen and oxygen atoms in total. The van der Waals surface area contributed by atoms with Gasteiger partial charge in [-0.3, -0.25) is 14.9 Å². The fourth-order valence-electron chi connectivity index (χ4n) is 1.46. The summed E-state index contributed by atoms with van der Waals surface area (Å²) in [5.74, 6) is -1.30. The summed E-state index contributed by atoms with van der Waals surface area (Å²) in [4.78, 5) is 20.7. The molecule has 0 fully saturated rings. The molecule has 5 N–H and O–H groups in total. The van der Waals surface area contributed by atoms with Gasteiger partial charge in [-0.05, 0) is 11.6 Å². The number of methoxy groups -OCH3 is 1. The maximum absolute atomic E-state index is 10.8. The van der Waals surface area contributed by atoms with E-state index >= 15 is 0 Å². The van der Waals surface area contributed by atoms with Crippen molar-refractivity contribution in [1.29, 1.82) is 0 Å². The molecule has 1 atom stereocenters. The molecule has 1 rings (SSSR count). The number of nitrogens with two attached hydrogens (primary N) is 2. The van der Waals surface area contributed by atoms with E-state index in [0.29, 0.717) is 0 Å². The zero-order valence-corrected chi connectivity index (χ0v) is 9.62. The molecule has 8 heteroatoms. The van der Waals surface area contributed by atoms with Crippen LogP contribution in [0, 0.1) is 10.1 Å². The van der Waals surface area contributed by atoms with Crippen molar-refractivity contribution in [2.45, 2.75) is 12.5 Å². The SMILES string of the molecule is COc1cc(C(N)CC(N)=O)cc([N+](=O)[O-])c1O. The Morgan fingerprint density at radius 1 is 1.61 bits per heavy atom. The van der Waals surface area contributed by atoms with Crippen LogP contribution in [-0.2, 0) is 4.79 Å². The molecule has 0 radical (unpaired) electrons. The summed E-state index contributed by atoms with van der Waals surface area (Å²) in [6.07, 6.45) is -0.162. The number of phenols is 1. The van der Waals surface area contributed by atoms with Crippen LogP contribution < -0.4 is 16.2 Å². The van der Waals surface area contributed by atoms with Crippen LogP contribution in [-0.4, -0.2) is 23.0 Å². The lowest BCUT2D eigenvalue weighted by Crippen LogP contribution is -2.20. The van der Waals surface area contributed by atoms with Crippen molar-refractivity contribution in [2.24, 2.45) is 11.5 Å². The van der Waals surface area contributed by atoms with E-state index < -0.39 is 28.3 Å². The summed E-state index contributed by atoms with van der Waals surface area (Å²) in [6.45, 7) is 0. The summed E-state index contributed by atoms with van der Waals surface area (Å²) in [6, 6.07) is 1.62. The second-order valence-electron chi connectivity index (χ2n) is 3.62. The Bertz CT molecular complexity index is 489. The molecule has 0 aliphatic carbocycles. The number of nitro groups is 1. The highest BCUT2D eigenvalue weighted by Gasteiger charge is 2.22. The average Bonchev–Trinajstić information content (AvgIpc) is 2.27. The van der Waals surface area contributed by atoms with Gasteiger partial charge in [-0.25, -0.2) is 0 Å². The predicted octanol–water partition coefficient (Wildman–Crippen LogP) is 0.184. The molecule has 1 aromatic rings. The lowest BCUT2D eigenvalue weighted by molar-refractivity contribution is -0.386. The first-order chi connectivity index (χ1) is 8.36. The minimum absolute atomic E-state index is 0.0841. The van der Waals surface area contributed by atoms with Crippen LogP contribution >= 0.6 is 0 Å². The van der Waals surface area contributed by atoms with Crippen LogP contribution in [0.1, 0.15) is 18.0 Å². The standard InChI is InChI=1S/C10H13N3O5/c1-18-8-3-5(6(11)4-9(12)14)2-7(10(8)15)13(16)17/h2-3,6,15H,4,11H2,1H3,(H2,12,14). The van der Waals surface area contributed by atoms with E-state index in [2.05, 4.69) is 0 Å². The van der Waals surface area contributed by atoms with Crippen molar-refractivity contribution < 1.29 is 19.6 Å². The number of carbonyl (C=O) groups excluding carboxylic acids is 1. The van der Waals surface area contributed by atoms with Gasteiger partial charge in [-0.2, -0.15) is 0 Å². The minimum atomic E-state index is -0.796. The number of phenolic OH excluding ortho intramolecular Hbond substituents is 1. The molecule has 0 aromatic heterocycles. The van der Waals surface area contributed by atoms with Crippen molar-refractivity contribution in [2.75, 3.05) is 7.11 Å². The first-order valence-corrected chi connectivity index (χ1v) is 4.96. The number of ether oxygens (including phenoxy) is 1. The molecule has 98 valence electrons. The fraction of sp³-hybridized carbons (Fsp3) is 0.300. The number of rotatable bonds is 5. The quantitative estimate of drug-likeness (QED) is 0.506. The number of carbonyl (C=O) groups is 1. The first kappa shape index (κ1) is 13.7. The van der Waals surface area contributed by atoms with Crippen molar-refractivity contribution >= 4 is 11.6 Å². The Kier molecular flexibility index (Phi) is 4.05. The molecule has 1 unspecified atom stereocenters. The third kappa shape index (κ3) is 2.86. The van der Waals surface area contributed by atoms with Crippen LogP contribution in [0.2, 0.25) is 0 Å². The number of nitrogens with zero attached hydrogens (tertiary/aromatic N) is 1. The van der Waals surface area contributed by atoms with Crippen LogP contribution in [0.25, 0.3) is 0 Å². The van der Waals surface area contributed by atoms with Gasteiger partial charge in [0.05, 0.1) is 12.0 Å². The number of hydrogen-bond donors (Lipinski definition) is 3. The van der Waals surface area contributed by atoms with Gasteiger partial charge >= 0.3 is 5.69 Å². The number of amides is 1. The Hall–Kier alpha value is -2.35. The van der Waals surface area contributed by atoms with E-state index in [4.69, 9.17) is 16.2 Å². The second-order valence-corrected chi connectivity index (χ2v) is 3.62.